The van der Waals surface area contributed by atoms with Crippen molar-refractivity contribution < 1.29 is 9.53 Å². The van der Waals surface area contributed by atoms with E-state index in [9.17, 15) is 4.79 Å². The minimum atomic E-state index is 0.0412. The summed E-state index contributed by atoms with van der Waals surface area (Å²) < 4.78 is 5.76. The molecule has 0 radical (unpaired) electrons. The van der Waals surface area contributed by atoms with Crippen LogP contribution in [-0.2, 0) is 0 Å². The zero-order chi connectivity index (χ0) is 13.1. The molecular weight excluding hydrogens is 248 g/mol. The summed E-state index contributed by atoms with van der Waals surface area (Å²) in [5.74, 6) is 0.885. The highest BCUT2D eigenvalue weighted by molar-refractivity contribution is 6.32. The largest absolute Gasteiger partial charge is 0.489 e. The van der Waals surface area contributed by atoms with E-state index in [2.05, 4.69) is 0 Å². The molecule has 1 atom stereocenters. The Morgan fingerprint density at radius 1 is 1.50 bits per heavy atom. The quantitative estimate of drug-likeness (QED) is 0.734. The molecule has 1 saturated carbocycles. The van der Waals surface area contributed by atoms with Crippen molar-refractivity contribution in [2.24, 2.45) is 5.92 Å². The molecule has 0 bridgehead atoms. The lowest BCUT2D eigenvalue weighted by Gasteiger charge is -2.26. The summed E-state index contributed by atoms with van der Waals surface area (Å²) >= 11 is 6.17. The molecule has 1 fully saturated rings. The Hall–Kier alpha value is -1.02. The standard InChI is InChI=1S/C15H19ClO2/c1-3-10(2)15(17)11-7-8-14(13(16)9-11)18-12-5-4-6-12/h7-10,12H,3-6H2,1-2H3/t10-/m1/s1. The number of ketones is 1. The second-order valence-electron chi connectivity index (χ2n) is 4.99. The molecule has 1 aliphatic rings. The molecule has 0 saturated heterocycles. The summed E-state index contributed by atoms with van der Waals surface area (Å²) in [5, 5.41) is 0.538. The molecule has 0 aromatic heterocycles. The monoisotopic (exact) mass is 266 g/mol. The van der Waals surface area contributed by atoms with Crippen LogP contribution >= 0.6 is 11.6 Å². The van der Waals surface area contributed by atoms with Gasteiger partial charge in [-0.1, -0.05) is 25.4 Å². The number of carbonyl (C=O) groups excluding carboxylic acids is 1. The predicted octanol–water partition coefficient (Wildman–Crippen LogP) is 4.50. The van der Waals surface area contributed by atoms with Gasteiger partial charge in [-0.2, -0.15) is 0 Å². The van der Waals surface area contributed by atoms with E-state index in [1.165, 1.54) is 6.42 Å². The molecule has 1 aliphatic carbocycles. The minimum Gasteiger partial charge on any atom is -0.489 e. The molecule has 98 valence electrons. The number of rotatable bonds is 5. The molecule has 0 amide bonds. The molecule has 0 heterocycles. The number of hydrogen-bond acceptors (Lipinski definition) is 2. The van der Waals surface area contributed by atoms with Gasteiger partial charge in [-0.3, -0.25) is 4.79 Å². The number of hydrogen-bond donors (Lipinski definition) is 0. The van der Waals surface area contributed by atoms with Crippen molar-refractivity contribution in [3.8, 4) is 5.75 Å². The summed E-state index contributed by atoms with van der Waals surface area (Å²) in [7, 11) is 0. The SMILES string of the molecule is CC[C@@H](C)C(=O)c1ccc(OC2CCC2)c(Cl)c1. The Kier molecular flexibility index (Phi) is 4.28. The van der Waals surface area contributed by atoms with Crippen molar-refractivity contribution in [1.29, 1.82) is 0 Å². The summed E-state index contributed by atoms with van der Waals surface area (Å²) in [4.78, 5) is 12.0. The molecule has 2 rings (SSSR count). The van der Waals surface area contributed by atoms with Gasteiger partial charge in [-0.05, 0) is 43.9 Å². The fraction of sp³-hybridized carbons (Fsp3) is 0.533. The maximum absolute atomic E-state index is 12.0. The first kappa shape index (κ1) is 13.4. The maximum Gasteiger partial charge on any atom is 0.165 e. The van der Waals surface area contributed by atoms with Crippen LogP contribution in [0, 0.1) is 5.92 Å². The molecule has 0 N–H and O–H groups in total. The molecular formula is C15H19ClO2. The normalized spacial score (nSPS) is 17.1. The van der Waals surface area contributed by atoms with Gasteiger partial charge in [0, 0.05) is 11.5 Å². The van der Waals surface area contributed by atoms with Crippen molar-refractivity contribution in [3.05, 3.63) is 28.8 Å². The predicted molar refractivity (Wildman–Crippen MR) is 73.5 cm³/mol. The average Bonchev–Trinajstić information content (AvgIpc) is 2.33. The molecule has 2 nitrogen and oxygen atoms in total. The van der Waals surface area contributed by atoms with Crippen molar-refractivity contribution in [1.82, 2.24) is 0 Å². The van der Waals surface area contributed by atoms with E-state index in [0.29, 0.717) is 22.4 Å². The summed E-state index contributed by atoms with van der Waals surface area (Å²) in [5.41, 5.74) is 0.676. The Bertz CT molecular complexity index is 438. The van der Waals surface area contributed by atoms with Gasteiger partial charge in [0.1, 0.15) is 5.75 Å². The van der Waals surface area contributed by atoms with Gasteiger partial charge in [0.25, 0.3) is 0 Å². The van der Waals surface area contributed by atoms with Crippen molar-refractivity contribution in [2.45, 2.75) is 45.6 Å². The van der Waals surface area contributed by atoms with E-state index < -0.39 is 0 Å². The Morgan fingerprint density at radius 2 is 2.22 bits per heavy atom. The van der Waals surface area contributed by atoms with Crippen LogP contribution in [-0.4, -0.2) is 11.9 Å². The number of ether oxygens (including phenoxy) is 1. The van der Waals surface area contributed by atoms with Gasteiger partial charge in [0.05, 0.1) is 11.1 Å². The van der Waals surface area contributed by atoms with E-state index in [1.54, 1.807) is 6.07 Å². The van der Waals surface area contributed by atoms with Crippen LogP contribution in [0.3, 0.4) is 0 Å². The summed E-state index contributed by atoms with van der Waals surface area (Å²) in [6.07, 6.45) is 4.58. The van der Waals surface area contributed by atoms with Crippen LogP contribution in [0.25, 0.3) is 0 Å². The third kappa shape index (κ3) is 2.86. The first-order chi connectivity index (χ1) is 8.61. The first-order valence-electron chi connectivity index (χ1n) is 6.62. The van der Waals surface area contributed by atoms with Crippen molar-refractivity contribution in [3.63, 3.8) is 0 Å². The van der Waals surface area contributed by atoms with Crippen LogP contribution in [0.15, 0.2) is 18.2 Å². The average molecular weight is 267 g/mol. The Labute approximate surface area is 113 Å². The van der Waals surface area contributed by atoms with E-state index in [0.717, 1.165) is 19.3 Å². The van der Waals surface area contributed by atoms with Crippen LogP contribution in [0.4, 0.5) is 0 Å². The Morgan fingerprint density at radius 3 is 2.72 bits per heavy atom. The fourth-order valence-corrected chi connectivity index (χ4v) is 2.11. The molecule has 0 aliphatic heterocycles. The van der Waals surface area contributed by atoms with Gasteiger partial charge in [0.15, 0.2) is 5.78 Å². The van der Waals surface area contributed by atoms with Crippen LogP contribution in [0.5, 0.6) is 5.75 Å². The first-order valence-corrected chi connectivity index (χ1v) is 7.00. The third-order valence-corrected chi connectivity index (χ3v) is 3.92. The summed E-state index contributed by atoms with van der Waals surface area (Å²) in [6.45, 7) is 3.95. The molecule has 0 unspecified atom stereocenters. The molecule has 1 aromatic carbocycles. The molecule has 0 spiro atoms. The summed E-state index contributed by atoms with van der Waals surface area (Å²) in [6, 6.07) is 5.36. The number of halogens is 1. The second kappa shape index (κ2) is 5.75. The van der Waals surface area contributed by atoms with E-state index in [4.69, 9.17) is 16.3 Å². The highest BCUT2D eigenvalue weighted by atomic mass is 35.5. The number of carbonyl (C=O) groups is 1. The maximum atomic E-state index is 12.0. The highest BCUT2D eigenvalue weighted by Gasteiger charge is 2.21. The lowest BCUT2D eigenvalue weighted by atomic mass is 9.96. The number of benzene rings is 1. The van der Waals surface area contributed by atoms with Crippen LogP contribution < -0.4 is 4.74 Å². The lowest BCUT2D eigenvalue weighted by Crippen LogP contribution is -2.24. The third-order valence-electron chi connectivity index (χ3n) is 3.62. The Balaban J connectivity index is 2.11. The zero-order valence-corrected chi connectivity index (χ0v) is 11.7. The molecule has 18 heavy (non-hydrogen) atoms. The zero-order valence-electron chi connectivity index (χ0n) is 10.9. The second-order valence-corrected chi connectivity index (χ2v) is 5.40. The van der Waals surface area contributed by atoms with Crippen molar-refractivity contribution >= 4 is 17.4 Å². The molecule has 3 heteroatoms. The lowest BCUT2D eigenvalue weighted by molar-refractivity contribution is 0.0927. The van der Waals surface area contributed by atoms with E-state index >= 15 is 0 Å². The van der Waals surface area contributed by atoms with Crippen LogP contribution in [0.1, 0.15) is 49.9 Å². The van der Waals surface area contributed by atoms with E-state index in [-0.39, 0.29) is 11.7 Å². The van der Waals surface area contributed by atoms with Gasteiger partial charge in [-0.15, -0.1) is 0 Å². The van der Waals surface area contributed by atoms with Gasteiger partial charge >= 0.3 is 0 Å². The number of Topliss-reactive ketones (excluding diaryl/α,β-unsaturated/α-hetero) is 1. The van der Waals surface area contributed by atoms with E-state index in [1.807, 2.05) is 26.0 Å². The van der Waals surface area contributed by atoms with Gasteiger partial charge in [0.2, 0.25) is 0 Å². The van der Waals surface area contributed by atoms with Gasteiger partial charge < -0.3 is 4.74 Å². The smallest absolute Gasteiger partial charge is 0.165 e. The minimum absolute atomic E-state index is 0.0412. The van der Waals surface area contributed by atoms with Crippen molar-refractivity contribution in [2.75, 3.05) is 0 Å². The topological polar surface area (TPSA) is 26.3 Å². The molecule has 1 aromatic rings. The van der Waals surface area contributed by atoms with Gasteiger partial charge in [-0.25, -0.2) is 0 Å². The van der Waals surface area contributed by atoms with Crippen LogP contribution in [0.2, 0.25) is 5.02 Å². The highest BCUT2D eigenvalue weighted by Crippen LogP contribution is 2.31. The fourth-order valence-electron chi connectivity index (χ4n) is 1.89.